The third-order valence-electron chi connectivity index (χ3n) is 3.70. The molecule has 0 amide bonds. The highest BCUT2D eigenvalue weighted by molar-refractivity contribution is 7.89. The van der Waals surface area contributed by atoms with Crippen LogP contribution in [0.2, 0.25) is 0 Å². The lowest BCUT2D eigenvalue weighted by Crippen LogP contribution is -2.39. The molecule has 2 fully saturated rings. The number of sulfonamides is 1. The molecule has 1 saturated heterocycles. The Bertz CT molecular complexity index is 354. The van der Waals surface area contributed by atoms with E-state index in [1.165, 1.54) is 12.8 Å². The molecule has 1 heterocycles. The van der Waals surface area contributed by atoms with E-state index in [1.807, 2.05) is 11.9 Å². The van der Waals surface area contributed by atoms with Crippen LogP contribution in [0.4, 0.5) is 0 Å². The van der Waals surface area contributed by atoms with Crippen LogP contribution in [0.25, 0.3) is 0 Å². The number of likely N-dealkylation sites (tertiary alicyclic amines) is 1. The van der Waals surface area contributed by atoms with Gasteiger partial charge in [-0.3, -0.25) is 4.90 Å². The Labute approximate surface area is 103 Å². The monoisotopic (exact) mass is 262 g/mol. The molecule has 0 aromatic heterocycles. The van der Waals surface area contributed by atoms with E-state index < -0.39 is 10.0 Å². The van der Waals surface area contributed by atoms with E-state index in [4.69, 9.17) is 0 Å². The summed E-state index contributed by atoms with van der Waals surface area (Å²) in [4.78, 5) is 2.01. The van der Waals surface area contributed by atoms with Gasteiger partial charge in [0.1, 0.15) is 0 Å². The predicted octanol–water partition coefficient (Wildman–Crippen LogP) is -0.229. The highest BCUT2D eigenvalue weighted by atomic mass is 32.2. The van der Waals surface area contributed by atoms with Gasteiger partial charge in [0, 0.05) is 19.1 Å². The summed E-state index contributed by atoms with van der Waals surface area (Å²) in [5, 5.41) is 9.46. The van der Waals surface area contributed by atoms with Gasteiger partial charge in [-0.15, -0.1) is 0 Å². The van der Waals surface area contributed by atoms with Crippen molar-refractivity contribution >= 4 is 10.0 Å². The molecule has 0 bridgehead atoms. The summed E-state index contributed by atoms with van der Waals surface area (Å²) in [5.74, 6) is 0.888. The smallest absolute Gasteiger partial charge is 0.211 e. The summed E-state index contributed by atoms with van der Waals surface area (Å²) in [7, 11) is -1.21. The molecule has 6 heteroatoms. The molecule has 1 aliphatic carbocycles. The molecule has 0 radical (unpaired) electrons. The van der Waals surface area contributed by atoms with Gasteiger partial charge in [0.2, 0.25) is 10.0 Å². The minimum Gasteiger partial charge on any atom is -0.392 e. The fraction of sp³-hybridized carbons (Fsp3) is 1.00. The number of hydrogen-bond donors (Lipinski definition) is 2. The lowest BCUT2D eigenvalue weighted by molar-refractivity contribution is 0.182. The Balaban J connectivity index is 1.72. The first-order valence-corrected chi connectivity index (χ1v) is 7.97. The first kappa shape index (κ1) is 13.3. The third kappa shape index (κ3) is 4.21. The molecule has 2 atom stereocenters. The van der Waals surface area contributed by atoms with Crippen molar-refractivity contribution in [3.8, 4) is 0 Å². The van der Waals surface area contributed by atoms with Crippen molar-refractivity contribution in [2.24, 2.45) is 5.92 Å². The third-order valence-corrected chi connectivity index (χ3v) is 5.08. The average Bonchev–Trinajstić information content (AvgIpc) is 3.00. The maximum absolute atomic E-state index is 11.7. The molecule has 2 N–H and O–H groups in total. The van der Waals surface area contributed by atoms with Crippen molar-refractivity contribution in [1.29, 1.82) is 0 Å². The predicted molar refractivity (Wildman–Crippen MR) is 66.2 cm³/mol. The van der Waals surface area contributed by atoms with Crippen LogP contribution in [0.15, 0.2) is 0 Å². The van der Waals surface area contributed by atoms with Crippen molar-refractivity contribution in [2.75, 3.05) is 25.9 Å². The van der Waals surface area contributed by atoms with E-state index in [2.05, 4.69) is 4.72 Å². The zero-order chi connectivity index (χ0) is 12.5. The molecule has 0 aromatic rings. The molecule has 2 rings (SSSR count). The SMILES string of the molecule is CN1C[C@H](O)C[C@H]1CNS(=O)(=O)CCC1CC1. The summed E-state index contributed by atoms with van der Waals surface area (Å²) in [6, 6.07) is 0.126. The number of hydrogen-bond acceptors (Lipinski definition) is 4. The van der Waals surface area contributed by atoms with E-state index in [1.54, 1.807) is 0 Å². The summed E-state index contributed by atoms with van der Waals surface area (Å²) >= 11 is 0. The fourth-order valence-corrected chi connectivity index (χ4v) is 3.55. The lowest BCUT2D eigenvalue weighted by atomic mass is 10.2. The van der Waals surface area contributed by atoms with E-state index in [0.717, 1.165) is 6.42 Å². The molecule has 5 nitrogen and oxygen atoms in total. The summed E-state index contributed by atoms with van der Waals surface area (Å²) in [6.45, 7) is 1.05. The largest absolute Gasteiger partial charge is 0.392 e. The Morgan fingerprint density at radius 1 is 1.41 bits per heavy atom. The second kappa shape index (κ2) is 5.22. The number of nitrogens with zero attached hydrogens (tertiary/aromatic N) is 1. The van der Waals surface area contributed by atoms with Gasteiger partial charge in [-0.2, -0.15) is 0 Å². The van der Waals surface area contributed by atoms with Gasteiger partial charge in [-0.1, -0.05) is 12.8 Å². The molecular weight excluding hydrogens is 240 g/mol. The topological polar surface area (TPSA) is 69.6 Å². The molecular formula is C11H22N2O3S. The quantitative estimate of drug-likeness (QED) is 0.694. The zero-order valence-corrected chi connectivity index (χ0v) is 11.1. The number of aliphatic hydroxyl groups excluding tert-OH is 1. The summed E-state index contributed by atoms with van der Waals surface area (Å²) in [5.41, 5.74) is 0. The Morgan fingerprint density at radius 2 is 2.12 bits per heavy atom. The highest BCUT2D eigenvalue weighted by Crippen LogP contribution is 2.32. The number of nitrogens with one attached hydrogen (secondary N) is 1. The molecule has 1 saturated carbocycles. The normalized spacial score (nSPS) is 30.9. The average molecular weight is 262 g/mol. The van der Waals surface area contributed by atoms with Crippen molar-refractivity contribution in [2.45, 2.75) is 37.8 Å². The van der Waals surface area contributed by atoms with E-state index in [0.29, 0.717) is 25.4 Å². The van der Waals surface area contributed by atoms with E-state index in [-0.39, 0.29) is 17.9 Å². The van der Waals surface area contributed by atoms with Crippen LogP contribution in [0.3, 0.4) is 0 Å². The second-order valence-electron chi connectivity index (χ2n) is 5.38. The molecule has 17 heavy (non-hydrogen) atoms. The molecule has 0 aromatic carbocycles. The van der Waals surface area contributed by atoms with Crippen LogP contribution in [0.1, 0.15) is 25.7 Å². The summed E-state index contributed by atoms with van der Waals surface area (Å²) in [6.07, 6.45) is 3.50. The second-order valence-corrected chi connectivity index (χ2v) is 7.31. The van der Waals surface area contributed by atoms with Crippen molar-refractivity contribution in [3.63, 3.8) is 0 Å². The first-order valence-electron chi connectivity index (χ1n) is 6.32. The minimum atomic E-state index is -3.12. The van der Waals surface area contributed by atoms with Gasteiger partial charge in [-0.25, -0.2) is 13.1 Å². The van der Waals surface area contributed by atoms with Gasteiger partial charge < -0.3 is 5.11 Å². The number of rotatable bonds is 6. The zero-order valence-electron chi connectivity index (χ0n) is 10.3. The number of aliphatic hydroxyl groups is 1. The molecule has 0 unspecified atom stereocenters. The van der Waals surface area contributed by atoms with Crippen LogP contribution < -0.4 is 4.72 Å². The molecule has 2 aliphatic rings. The highest BCUT2D eigenvalue weighted by Gasteiger charge is 2.29. The maximum atomic E-state index is 11.7. The molecule has 100 valence electrons. The van der Waals surface area contributed by atoms with Crippen molar-refractivity contribution in [1.82, 2.24) is 9.62 Å². The van der Waals surface area contributed by atoms with E-state index >= 15 is 0 Å². The Kier molecular flexibility index (Phi) is 4.07. The van der Waals surface area contributed by atoms with Crippen LogP contribution in [-0.4, -0.2) is 56.5 Å². The van der Waals surface area contributed by atoms with Crippen LogP contribution in [0, 0.1) is 5.92 Å². The standard InChI is InChI=1S/C11H22N2O3S/c1-13-8-11(14)6-10(13)7-12-17(15,16)5-4-9-2-3-9/h9-12,14H,2-8H2,1H3/t10-,11+/m0/s1. The maximum Gasteiger partial charge on any atom is 0.211 e. The number of likely N-dealkylation sites (N-methyl/N-ethyl adjacent to an activating group) is 1. The van der Waals surface area contributed by atoms with Gasteiger partial charge in [0.15, 0.2) is 0 Å². The van der Waals surface area contributed by atoms with Gasteiger partial charge in [0.05, 0.1) is 11.9 Å². The fourth-order valence-electron chi connectivity index (χ4n) is 2.31. The van der Waals surface area contributed by atoms with Gasteiger partial charge in [-0.05, 0) is 25.8 Å². The van der Waals surface area contributed by atoms with Gasteiger partial charge >= 0.3 is 0 Å². The Morgan fingerprint density at radius 3 is 2.65 bits per heavy atom. The minimum absolute atomic E-state index is 0.126. The number of β-amino-alcohol motifs (C(OH)–C–C–N with tert-alkyl or cyclic N) is 1. The summed E-state index contributed by atoms with van der Waals surface area (Å²) < 4.78 is 26.1. The van der Waals surface area contributed by atoms with Crippen LogP contribution in [-0.2, 0) is 10.0 Å². The van der Waals surface area contributed by atoms with Gasteiger partial charge in [0.25, 0.3) is 0 Å². The van der Waals surface area contributed by atoms with Crippen LogP contribution >= 0.6 is 0 Å². The first-order chi connectivity index (χ1) is 7.96. The van der Waals surface area contributed by atoms with Crippen molar-refractivity contribution < 1.29 is 13.5 Å². The van der Waals surface area contributed by atoms with Crippen molar-refractivity contribution in [3.05, 3.63) is 0 Å². The molecule has 1 aliphatic heterocycles. The molecule has 0 spiro atoms. The van der Waals surface area contributed by atoms with E-state index in [9.17, 15) is 13.5 Å². The van der Waals surface area contributed by atoms with Crippen LogP contribution in [0.5, 0.6) is 0 Å². The lowest BCUT2D eigenvalue weighted by Gasteiger charge is -2.19. The Hall–Kier alpha value is -0.170.